The van der Waals surface area contributed by atoms with Gasteiger partial charge in [0.2, 0.25) is 0 Å². The first kappa shape index (κ1) is 25.5. The third-order valence-corrected chi connectivity index (χ3v) is 4.48. The Bertz CT molecular complexity index is 1030. The number of guanidine groups is 1. The molecular formula is C20H23N7O7. The van der Waals surface area contributed by atoms with Gasteiger partial charge in [0, 0.05) is 24.4 Å². The molecule has 0 spiro atoms. The average molecular weight is 473 g/mol. The predicted molar refractivity (Wildman–Crippen MR) is 120 cm³/mol. The maximum Gasteiger partial charge on any atom is 0.469 e. The Morgan fingerprint density at radius 3 is 2.29 bits per heavy atom. The molecule has 14 nitrogen and oxygen atoms in total. The molecule has 1 atom stereocenters. The number of ether oxygens (including phenoxy) is 1. The van der Waals surface area contributed by atoms with Crippen LogP contribution in [-0.4, -0.2) is 45.5 Å². The molecule has 34 heavy (non-hydrogen) atoms. The molecule has 2 aromatic rings. The molecule has 2 rings (SSSR count). The molecule has 5 N–H and O–H groups in total. The number of carbonyl (C=O) groups is 2. The second-order valence-electron chi connectivity index (χ2n) is 6.91. The number of hydrazine groups is 1. The minimum absolute atomic E-state index is 0.0947. The molecule has 0 aliphatic heterocycles. The average Bonchev–Trinajstić information content (AvgIpc) is 2.80. The molecule has 2 amide bonds. The van der Waals surface area contributed by atoms with E-state index in [1.165, 1.54) is 12.1 Å². The predicted octanol–water partition coefficient (Wildman–Crippen LogP) is 2.00. The fourth-order valence-electron chi connectivity index (χ4n) is 2.87. The first-order chi connectivity index (χ1) is 16.2. The van der Waals surface area contributed by atoms with E-state index >= 15 is 0 Å². The summed E-state index contributed by atoms with van der Waals surface area (Å²) in [5.41, 5.74) is 5.74. The number of non-ortho nitro benzene ring substituents is 1. The highest BCUT2D eigenvalue weighted by Crippen LogP contribution is 2.18. The summed E-state index contributed by atoms with van der Waals surface area (Å²) in [5.74, 6) is -1.22. The van der Waals surface area contributed by atoms with Gasteiger partial charge in [-0.05, 0) is 35.5 Å². The Labute approximate surface area is 193 Å². The van der Waals surface area contributed by atoms with Crippen LogP contribution in [0.3, 0.4) is 0 Å². The highest BCUT2D eigenvalue weighted by Gasteiger charge is 2.40. The quantitative estimate of drug-likeness (QED) is 0.123. The Morgan fingerprint density at radius 1 is 1.09 bits per heavy atom. The van der Waals surface area contributed by atoms with Crippen LogP contribution in [0.15, 0.2) is 54.6 Å². The van der Waals surface area contributed by atoms with Crippen LogP contribution in [0.5, 0.6) is 0 Å². The van der Waals surface area contributed by atoms with Gasteiger partial charge in [-0.3, -0.25) is 20.3 Å². The normalized spacial score (nSPS) is 11.1. The van der Waals surface area contributed by atoms with E-state index in [-0.39, 0.29) is 48.3 Å². The van der Waals surface area contributed by atoms with E-state index in [1.807, 2.05) is 0 Å². The van der Waals surface area contributed by atoms with Crippen molar-refractivity contribution in [2.24, 2.45) is 5.73 Å². The van der Waals surface area contributed by atoms with Crippen LogP contribution in [-0.2, 0) is 16.1 Å². The van der Waals surface area contributed by atoms with Gasteiger partial charge < -0.3 is 21.1 Å². The fraction of sp³-hybridized carbons (Fsp3) is 0.250. The number of nitro groups is 2. The lowest BCUT2D eigenvalue weighted by atomic mass is 10.1. The van der Waals surface area contributed by atoms with E-state index in [2.05, 4.69) is 10.6 Å². The van der Waals surface area contributed by atoms with E-state index < -0.39 is 28.0 Å². The topological polar surface area (TPSA) is 207 Å². The maximum atomic E-state index is 12.9. The Balaban J connectivity index is 2.18. The van der Waals surface area contributed by atoms with Crippen LogP contribution in [0.2, 0.25) is 0 Å². The molecule has 0 radical (unpaired) electrons. The third-order valence-electron chi connectivity index (χ3n) is 4.48. The van der Waals surface area contributed by atoms with Crippen molar-refractivity contribution in [1.29, 1.82) is 5.41 Å². The Hall–Kier alpha value is -4.75. The summed E-state index contributed by atoms with van der Waals surface area (Å²) >= 11 is 0. The van der Waals surface area contributed by atoms with Gasteiger partial charge in [0.25, 0.3) is 11.6 Å². The molecule has 14 heteroatoms. The van der Waals surface area contributed by atoms with Gasteiger partial charge in [-0.15, -0.1) is 0 Å². The van der Waals surface area contributed by atoms with Crippen LogP contribution in [0.25, 0.3) is 0 Å². The van der Waals surface area contributed by atoms with E-state index in [9.17, 15) is 29.8 Å². The summed E-state index contributed by atoms with van der Waals surface area (Å²) < 4.78 is 5.04. The third kappa shape index (κ3) is 7.74. The van der Waals surface area contributed by atoms with Gasteiger partial charge in [0.15, 0.2) is 17.0 Å². The smallest absolute Gasteiger partial charge is 0.441 e. The molecule has 0 saturated heterocycles. The Morgan fingerprint density at radius 2 is 1.74 bits per heavy atom. The number of nitrogens with two attached hydrogens (primary N) is 1. The number of nitro benzene ring substituents is 1. The monoisotopic (exact) mass is 473 g/mol. The lowest BCUT2D eigenvalue weighted by Crippen LogP contribution is -2.50. The molecular weight excluding hydrogens is 450 g/mol. The van der Waals surface area contributed by atoms with Gasteiger partial charge in [0.05, 0.1) is 4.92 Å². The molecule has 0 saturated carbocycles. The number of nitrogens with one attached hydrogen (secondary N) is 3. The van der Waals surface area contributed by atoms with Crippen molar-refractivity contribution in [2.75, 3.05) is 11.9 Å². The fourth-order valence-corrected chi connectivity index (χ4v) is 2.87. The number of hydrogen-bond donors (Lipinski definition) is 4. The first-order valence-corrected chi connectivity index (χ1v) is 9.96. The summed E-state index contributed by atoms with van der Waals surface area (Å²) in [4.78, 5) is 47.3. The number of benzene rings is 2. The lowest BCUT2D eigenvalue weighted by Gasteiger charge is -2.22. The molecule has 0 aliphatic rings. The summed E-state index contributed by atoms with van der Waals surface area (Å²) in [5, 5.41) is 33.7. The van der Waals surface area contributed by atoms with Crippen molar-refractivity contribution in [1.82, 2.24) is 10.3 Å². The molecule has 0 bridgehead atoms. The number of anilines is 1. The van der Waals surface area contributed by atoms with E-state index in [1.54, 1.807) is 30.3 Å². The van der Waals surface area contributed by atoms with Crippen LogP contribution in [0, 0.1) is 25.6 Å². The maximum absolute atomic E-state index is 12.9. The second kappa shape index (κ2) is 12.3. The van der Waals surface area contributed by atoms with Crippen LogP contribution in [0.1, 0.15) is 18.4 Å². The number of rotatable bonds is 11. The van der Waals surface area contributed by atoms with Crippen LogP contribution in [0.4, 0.5) is 16.2 Å². The molecule has 180 valence electrons. The summed E-state index contributed by atoms with van der Waals surface area (Å²) in [7, 11) is 0. The molecule has 2 aromatic carbocycles. The van der Waals surface area contributed by atoms with E-state index in [0.29, 0.717) is 5.56 Å². The van der Waals surface area contributed by atoms with Crippen molar-refractivity contribution < 1.29 is 24.3 Å². The van der Waals surface area contributed by atoms with Gasteiger partial charge in [0.1, 0.15) is 6.61 Å². The highest BCUT2D eigenvalue weighted by molar-refractivity contribution is 5.96. The zero-order valence-electron chi connectivity index (χ0n) is 17.9. The number of carbonyl (C=O) groups excluding carboxylic acids is 2. The van der Waals surface area contributed by atoms with Crippen molar-refractivity contribution in [3.63, 3.8) is 0 Å². The molecule has 0 heterocycles. The van der Waals surface area contributed by atoms with Gasteiger partial charge in [-0.2, -0.15) is 0 Å². The molecule has 0 unspecified atom stereocenters. The number of hydrogen-bond acceptors (Lipinski definition) is 8. The summed E-state index contributed by atoms with van der Waals surface area (Å²) in [6.45, 7) is -0.117. The SMILES string of the molecule is N=C(N)NCCC[C@@H](C(=O)Nc1ccc([N+](=O)[O-])cc1)N(C(=O)OCc1ccccc1)[N+](=O)[O-]. The lowest BCUT2D eigenvalue weighted by molar-refractivity contribution is -0.640. The van der Waals surface area contributed by atoms with Crippen molar-refractivity contribution in [3.05, 3.63) is 80.4 Å². The van der Waals surface area contributed by atoms with Crippen LogP contribution >= 0.6 is 0 Å². The van der Waals surface area contributed by atoms with Gasteiger partial charge in [-0.25, -0.2) is 14.9 Å². The largest absolute Gasteiger partial charge is 0.469 e. The van der Waals surface area contributed by atoms with Crippen molar-refractivity contribution >= 4 is 29.3 Å². The van der Waals surface area contributed by atoms with Crippen molar-refractivity contribution in [3.8, 4) is 0 Å². The summed E-state index contributed by atoms with van der Waals surface area (Å²) in [6.07, 6.45) is -1.36. The van der Waals surface area contributed by atoms with Gasteiger partial charge >= 0.3 is 6.09 Å². The minimum Gasteiger partial charge on any atom is -0.441 e. The standard InChI is InChI=1S/C20H23N7O7/c21-19(22)23-12-4-7-17(18(28)24-15-8-10-16(11-9-15)26(30)31)25(27(32)33)20(29)34-13-14-5-2-1-3-6-14/h1-3,5-6,8-11,17H,4,7,12-13H2,(H,24,28)(H4,21,22,23)/t17-/m0/s1. The van der Waals surface area contributed by atoms with Crippen molar-refractivity contribution in [2.45, 2.75) is 25.5 Å². The molecule has 0 aromatic heterocycles. The number of nitrogens with zero attached hydrogens (tertiary/aromatic N) is 3. The minimum atomic E-state index is -1.58. The highest BCUT2D eigenvalue weighted by atomic mass is 16.7. The second-order valence-corrected chi connectivity index (χ2v) is 6.91. The first-order valence-electron chi connectivity index (χ1n) is 9.96. The van der Waals surface area contributed by atoms with E-state index in [4.69, 9.17) is 15.9 Å². The Kier molecular flexibility index (Phi) is 9.25. The van der Waals surface area contributed by atoms with Crippen LogP contribution < -0.4 is 16.4 Å². The molecule has 0 aliphatic carbocycles. The van der Waals surface area contributed by atoms with Gasteiger partial charge in [-0.1, -0.05) is 30.3 Å². The zero-order valence-corrected chi connectivity index (χ0v) is 17.9. The number of amides is 2. The summed E-state index contributed by atoms with van der Waals surface area (Å²) in [6, 6.07) is 11.7. The van der Waals surface area contributed by atoms with E-state index in [0.717, 1.165) is 12.1 Å². The molecule has 0 fully saturated rings. The zero-order chi connectivity index (χ0) is 25.1.